The third kappa shape index (κ3) is 7.26. The predicted molar refractivity (Wildman–Crippen MR) is 159 cm³/mol. The van der Waals surface area contributed by atoms with Crippen LogP contribution in [0.25, 0.3) is 0 Å². The van der Waals surface area contributed by atoms with Crippen LogP contribution in [0.2, 0.25) is 0 Å². The summed E-state index contributed by atoms with van der Waals surface area (Å²) in [5, 5.41) is 0. The summed E-state index contributed by atoms with van der Waals surface area (Å²) >= 11 is 0. The van der Waals surface area contributed by atoms with Crippen molar-refractivity contribution in [2.75, 3.05) is 26.4 Å². The summed E-state index contributed by atoms with van der Waals surface area (Å²) < 4.78 is 22.1. The van der Waals surface area contributed by atoms with Crippen molar-refractivity contribution in [2.24, 2.45) is 0 Å². The van der Waals surface area contributed by atoms with E-state index in [2.05, 4.69) is 61.7 Å². The molecule has 3 aromatic rings. The van der Waals surface area contributed by atoms with E-state index < -0.39 is 0 Å². The van der Waals surface area contributed by atoms with E-state index in [0.717, 1.165) is 24.3 Å². The lowest BCUT2D eigenvalue weighted by Gasteiger charge is -2.32. The molecule has 0 aliphatic heterocycles. The Labute approximate surface area is 242 Å². The second-order valence-corrected chi connectivity index (χ2v) is 10.3. The van der Waals surface area contributed by atoms with E-state index in [-0.39, 0.29) is 17.4 Å². The molecule has 0 spiro atoms. The van der Waals surface area contributed by atoms with Crippen molar-refractivity contribution in [3.05, 3.63) is 119 Å². The van der Waals surface area contributed by atoms with Crippen molar-refractivity contribution in [3.63, 3.8) is 0 Å². The summed E-state index contributed by atoms with van der Waals surface area (Å²) in [6, 6.07) is 25.3. The van der Waals surface area contributed by atoms with Gasteiger partial charge in [-0.2, -0.15) is 0 Å². The molecule has 0 bridgehead atoms. The molecule has 1 aliphatic carbocycles. The Kier molecular flexibility index (Phi) is 10.0. The minimum atomic E-state index is -0.377. The lowest BCUT2D eigenvalue weighted by Crippen LogP contribution is -2.26. The van der Waals surface area contributed by atoms with Gasteiger partial charge in [0.1, 0.15) is 11.5 Å². The topological polar surface area (TPSA) is 71.1 Å². The van der Waals surface area contributed by atoms with Crippen LogP contribution in [0.1, 0.15) is 55.4 Å². The van der Waals surface area contributed by atoms with Gasteiger partial charge in [0, 0.05) is 29.4 Å². The number of hydrogen-bond donors (Lipinski definition) is 0. The molecule has 214 valence electrons. The Morgan fingerprint density at radius 1 is 0.683 bits per heavy atom. The molecule has 0 amide bonds. The van der Waals surface area contributed by atoms with Crippen molar-refractivity contribution in [1.82, 2.24) is 0 Å². The van der Waals surface area contributed by atoms with Crippen LogP contribution >= 0.6 is 0 Å². The van der Waals surface area contributed by atoms with Gasteiger partial charge >= 0.3 is 11.9 Å². The molecule has 3 aromatic carbocycles. The molecule has 0 atom stereocenters. The molecule has 0 radical (unpaired) electrons. The molecule has 1 aliphatic rings. The van der Waals surface area contributed by atoms with Crippen molar-refractivity contribution in [3.8, 4) is 11.5 Å². The Hall–Kier alpha value is -4.32. The largest absolute Gasteiger partial charge is 0.493 e. The SMILES string of the molecule is C=C(C)C(=O)OCCCOc1ccc(C2(c3ccc(OCCCOC(=O)C(=C)C)cc3)CCc3ccccc32)cc1. The highest BCUT2D eigenvalue weighted by Crippen LogP contribution is 2.49. The molecule has 0 unspecified atom stereocenters. The van der Waals surface area contributed by atoms with Crippen molar-refractivity contribution >= 4 is 11.9 Å². The van der Waals surface area contributed by atoms with Crippen molar-refractivity contribution in [2.45, 2.75) is 44.9 Å². The van der Waals surface area contributed by atoms with Crippen LogP contribution in [0.3, 0.4) is 0 Å². The number of benzene rings is 3. The lowest BCUT2D eigenvalue weighted by atomic mass is 9.70. The van der Waals surface area contributed by atoms with Crippen LogP contribution < -0.4 is 9.47 Å². The van der Waals surface area contributed by atoms with Crippen LogP contribution in [0.4, 0.5) is 0 Å². The first-order chi connectivity index (χ1) is 19.8. The van der Waals surface area contributed by atoms with E-state index in [0.29, 0.717) is 50.4 Å². The average molecular weight is 555 g/mol. The number of rotatable bonds is 14. The molecule has 0 saturated heterocycles. The van der Waals surface area contributed by atoms with Gasteiger partial charge in [-0.05, 0) is 73.2 Å². The zero-order chi connectivity index (χ0) is 29.2. The van der Waals surface area contributed by atoms with Gasteiger partial charge < -0.3 is 18.9 Å². The maximum absolute atomic E-state index is 11.5. The van der Waals surface area contributed by atoms with Gasteiger partial charge in [-0.3, -0.25) is 0 Å². The minimum Gasteiger partial charge on any atom is -0.493 e. The average Bonchev–Trinajstić information content (AvgIpc) is 3.37. The Morgan fingerprint density at radius 2 is 1.15 bits per heavy atom. The Morgan fingerprint density at radius 3 is 1.61 bits per heavy atom. The summed E-state index contributed by atoms with van der Waals surface area (Å²) in [4.78, 5) is 23.0. The van der Waals surface area contributed by atoms with E-state index in [1.807, 2.05) is 24.3 Å². The van der Waals surface area contributed by atoms with Crippen molar-refractivity contribution in [1.29, 1.82) is 0 Å². The third-order valence-corrected chi connectivity index (χ3v) is 7.22. The molecular formula is C35H38O6. The summed E-state index contributed by atoms with van der Waals surface area (Å²) in [6.07, 6.45) is 3.17. The number of ether oxygens (including phenoxy) is 4. The van der Waals surface area contributed by atoms with Crippen LogP contribution in [-0.2, 0) is 30.9 Å². The first kappa shape index (κ1) is 29.7. The van der Waals surface area contributed by atoms with Gasteiger partial charge in [-0.1, -0.05) is 61.7 Å². The number of carbonyl (C=O) groups excluding carboxylic acids is 2. The number of aryl methyl sites for hydroxylation is 1. The third-order valence-electron chi connectivity index (χ3n) is 7.22. The lowest BCUT2D eigenvalue weighted by molar-refractivity contribution is -0.140. The molecule has 0 heterocycles. The quantitative estimate of drug-likeness (QED) is 0.125. The summed E-state index contributed by atoms with van der Waals surface area (Å²) in [5.74, 6) is 0.800. The molecule has 4 rings (SSSR count). The second kappa shape index (κ2) is 13.8. The zero-order valence-corrected chi connectivity index (χ0v) is 23.9. The van der Waals surface area contributed by atoms with Gasteiger partial charge in [0.05, 0.1) is 26.4 Å². The highest BCUT2D eigenvalue weighted by Gasteiger charge is 2.41. The minimum absolute atomic E-state index is 0.277. The molecule has 0 saturated carbocycles. The highest BCUT2D eigenvalue weighted by atomic mass is 16.5. The monoisotopic (exact) mass is 554 g/mol. The van der Waals surface area contributed by atoms with E-state index in [1.165, 1.54) is 22.3 Å². The molecule has 0 N–H and O–H groups in total. The number of carbonyl (C=O) groups is 2. The van der Waals surface area contributed by atoms with Gasteiger partial charge in [0.15, 0.2) is 0 Å². The number of esters is 2. The maximum Gasteiger partial charge on any atom is 0.333 e. The van der Waals surface area contributed by atoms with Crippen molar-refractivity contribution < 1.29 is 28.5 Å². The highest BCUT2D eigenvalue weighted by molar-refractivity contribution is 5.87. The van der Waals surface area contributed by atoms with Gasteiger partial charge in [0.2, 0.25) is 0 Å². The first-order valence-corrected chi connectivity index (χ1v) is 14.0. The molecular weight excluding hydrogens is 516 g/mol. The fourth-order valence-electron chi connectivity index (χ4n) is 5.12. The number of hydrogen-bond acceptors (Lipinski definition) is 6. The van der Waals surface area contributed by atoms with Gasteiger partial charge in [-0.25, -0.2) is 9.59 Å². The van der Waals surface area contributed by atoms with E-state index in [4.69, 9.17) is 18.9 Å². The van der Waals surface area contributed by atoms with E-state index >= 15 is 0 Å². The van der Waals surface area contributed by atoms with E-state index in [1.54, 1.807) is 13.8 Å². The standard InChI is InChI=1S/C35H38O6/c1-25(2)33(36)40-23-7-21-38-30-15-11-28(12-16-30)35(20-19-27-9-5-6-10-32(27)35)29-13-17-31(18-14-29)39-22-8-24-41-34(37)26(3)4/h5-6,9-18H,1,3,7-8,19-24H2,2,4H3. The molecule has 6 heteroatoms. The normalized spacial score (nSPS) is 13.1. The van der Waals surface area contributed by atoms with Crippen LogP contribution in [0, 0.1) is 0 Å². The molecule has 0 fully saturated rings. The zero-order valence-electron chi connectivity index (χ0n) is 23.9. The van der Waals surface area contributed by atoms with Gasteiger partial charge in [0.25, 0.3) is 0 Å². The second-order valence-electron chi connectivity index (χ2n) is 10.3. The number of fused-ring (bicyclic) bond motifs is 1. The van der Waals surface area contributed by atoms with Crippen LogP contribution in [-0.4, -0.2) is 38.4 Å². The Bertz CT molecular complexity index is 1290. The maximum atomic E-state index is 11.5. The van der Waals surface area contributed by atoms with Crippen LogP contribution in [0.15, 0.2) is 97.1 Å². The fourth-order valence-corrected chi connectivity index (χ4v) is 5.12. The Balaban J connectivity index is 1.43. The smallest absolute Gasteiger partial charge is 0.333 e. The van der Waals surface area contributed by atoms with Gasteiger partial charge in [-0.15, -0.1) is 0 Å². The molecule has 41 heavy (non-hydrogen) atoms. The molecule has 6 nitrogen and oxygen atoms in total. The van der Waals surface area contributed by atoms with E-state index in [9.17, 15) is 9.59 Å². The summed E-state index contributed by atoms with van der Waals surface area (Å²) in [7, 11) is 0. The first-order valence-electron chi connectivity index (χ1n) is 14.0. The summed E-state index contributed by atoms with van der Waals surface area (Å²) in [6.45, 7) is 11.9. The summed E-state index contributed by atoms with van der Waals surface area (Å²) in [5.41, 5.74) is 5.61. The predicted octanol–water partition coefficient (Wildman–Crippen LogP) is 6.74. The van der Waals surface area contributed by atoms with Crippen LogP contribution in [0.5, 0.6) is 11.5 Å². The molecule has 0 aromatic heterocycles. The fraction of sp³-hybridized carbons (Fsp3) is 0.314.